The fourth-order valence-electron chi connectivity index (χ4n) is 8.12. The lowest BCUT2D eigenvalue weighted by Gasteiger charge is -2.27. The molecule has 0 fully saturated rings. The number of nitrogens with zero attached hydrogens (tertiary/aromatic N) is 2. The van der Waals surface area contributed by atoms with Crippen molar-refractivity contribution in [1.29, 1.82) is 0 Å². The molecule has 0 saturated heterocycles. The van der Waals surface area contributed by atoms with Gasteiger partial charge in [-0.05, 0) is 87.4 Å². The van der Waals surface area contributed by atoms with Gasteiger partial charge in [0.25, 0.3) is 0 Å². The van der Waals surface area contributed by atoms with E-state index in [1.165, 1.54) is 37.4 Å². The third-order valence-electron chi connectivity index (χ3n) is 10.7. The Hall–Kier alpha value is -7.01. The first-order valence-electron chi connectivity index (χ1n) is 18.5. The number of rotatable bonds is 6. The van der Waals surface area contributed by atoms with Crippen molar-refractivity contribution in [3.05, 3.63) is 194 Å². The lowest BCUT2D eigenvalue weighted by Crippen LogP contribution is -2.10. The summed E-state index contributed by atoms with van der Waals surface area (Å²) in [7, 11) is 0. The summed E-state index contributed by atoms with van der Waals surface area (Å²) in [6.45, 7) is 0. The van der Waals surface area contributed by atoms with Crippen molar-refractivity contribution in [2.75, 3.05) is 4.90 Å². The minimum absolute atomic E-state index is 0.899. The van der Waals surface area contributed by atoms with Crippen LogP contribution in [-0.2, 0) is 0 Å². The number of fused-ring (bicyclic) bond motifs is 8. The fraction of sp³-hybridized carbons (Fsp3) is 0. The Bertz CT molecular complexity index is 3200. The first-order valence-corrected chi connectivity index (χ1v) is 19.4. The monoisotopic (exact) mass is 720 g/mol. The minimum atomic E-state index is 0.899. The first kappa shape index (κ1) is 31.5. The van der Waals surface area contributed by atoms with E-state index in [1.54, 1.807) is 11.3 Å². The fourth-order valence-corrected chi connectivity index (χ4v) is 9.26. The molecule has 11 rings (SSSR count). The molecule has 0 aliphatic carbocycles. The highest BCUT2D eigenvalue weighted by molar-refractivity contribution is 7.22. The Morgan fingerprint density at radius 3 is 1.95 bits per heavy atom. The number of thiazole rings is 1. The highest BCUT2D eigenvalue weighted by Gasteiger charge is 2.20. The Kier molecular flexibility index (Phi) is 7.35. The van der Waals surface area contributed by atoms with Crippen molar-refractivity contribution in [3.8, 4) is 32.8 Å². The SMILES string of the molecule is c1ccc(-c2nc3ccc4cc(-c5ccccc5)c5ccc(N(c6ccccc6)c6cccc(-c7cccc8c7oc7ccccc78)c6)cc5c4c3s2)cc1. The van der Waals surface area contributed by atoms with E-state index in [0.717, 1.165) is 66.2 Å². The summed E-state index contributed by atoms with van der Waals surface area (Å²) < 4.78 is 7.69. The van der Waals surface area contributed by atoms with Crippen LogP contribution in [0.4, 0.5) is 17.1 Å². The van der Waals surface area contributed by atoms with Gasteiger partial charge in [-0.1, -0.05) is 140 Å². The Labute approximate surface area is 322 Å². The average Bonchev–Trinajstić information content (AvgIpc) is 3.87. The van der Waals surface area contributed by atoms with Crippen LogP contribution < -0.4 is 4.90 Å². The largest absolute Gasteiger partial charge is 0.455 e. The Morgan fingerprint density at radius 1 is 0.436 bits per heavy atom. The number of hydrogen-bond donors (Lipinski definition) is 0. The average molecular weight is 721 g/mol. The summed E-state index contributed by atoms with van der Waals surface area (Å²) in [5.74, 6) is 0. The molecule has 0 spiro atoms. The van der Waals surface area contributed by atoms with Gasteiger partial charge in [-0.3, -0.25) is 0 Å². The predicted octanol–water partition coefficient (Wildman–Crippen LogP) is 15.0. The lowest BCUT2D eigenvalue weighted by atomic mass is 9.92. The van der Waals surface area contributed by atoms with Crippen LogP contribution in [0.1, 0.15) is 0 Å². The van der Waals surface area contributed by atoms with Crippen molar-refractivity contribution in [3.63, 3.8) is 0 Å². The van der Waals surface area contributed by atoms with Gasteiger partial charge in [-0.2, -0.15) is 0 Å². The van der Waals surface area contributed by atoms with Gasteiger partial charge in [0.15, 0.2) is 0 Å². The molecule has 2 aromatic heterocycles. The minimum Gasteiger partial charge on any atom is -0.455 e. The number of anilines is 3. The molecule has 0 aliphatic heterocycles. The third kappa shape index (κ3) is 5.30. The maximum absolute atomic E-state index is 6.49. The van der Waals surface area contributed by atoms with E-state index in [1.807, 2.05) is 12.1 Å². The second-order valence-electron chi connectivity index (χ2n) is 13.9. The van der Waals surface area contributed by atoms with E-state index in [2.05, 4.69) is 187 Å². The van der Waals surface area contributed by atoms with Crippen LogP contribution in [0.2, 0.25) is 0 Å². The van der Waals surface area contributed by atoms with Gasteiger partial charge in [-0.25, -0.2) is 4.98 Å². The number of furan rings is 1. The normalized spacial score (nSPS) is 11.6. The van der Waals surface area contributed by atoms with Gasteiger partial charge in [0.1, 0.15) is 16.2 Å². The molecule has 0 N–H and O–H groups in total. The summed E-state index contributed by atoms with van der Waals surface area (Å²) in [6.07, 6.45) is 0. The molecule has 258 valence electrons. The number of para-hydroxylation sites is 3. The number of aromatic nitrogens is 1. The van der Waals surface area contributed by atoms with E-state index in [4.69, 9.17) is 9.40 Å². The summed E-state index contributed by atoms with van der Waals surface area (Å²) in [4.78, 5) is 7.51. The van der Waals surface area contributed by atoms with E-state index in [-0.39, 0.29) is 0 Å². The van der Waals surface area contributed by atoms with Crippen LogP contribution in [0.25, 0.3) is 86.5 Å². The van der Waals surface area contributed by atoms with Crippen LogP contribution in [0.15, 0.2) is 199 Å². The highest BCUT2D eigenvalue weighted by Crippen LogP contribution is 2.45. The topological polar surface area (TPSA) is 29.3 Å². The molecular formula is C51H32N2OS. The molecule has 2 heterocycles. The van der Waals surface area contributed by atoms with Crippen molar-refractivity contribution in [1.82, 2.24) is 4.98 Å². The lowest BCUT2D eigenvalue weighted by molar-refractivity contribution is 0.670. The van der Waals surface area contributed by atoms with Gasteiger partial charge in [0.05, 0.1) is 10.2 Å². The maximum Gasteiger partial charge on any atom is 0.143 e. The summed E-state index contributed by atoms with van der Waals surface area (Å²) >= 11 is 1.77. The van der Waals surface area contributed by atoms with Crippen LogP contribution in [0.5, 0.6) is 0 Å². The van der Waals surface area contributed by atoms with Crippen LogP contribution in [0.3, 0.4) is 0 Å². The van der Waals surface area contributed by atoms with E-state index in [0.29, 0.717) is 0 Å². The van der Waals surface area contributed by atoms with Crippen LogP contribution >= 0.6 is 11.3 Å². The van der Waals surface area contributed by atoms with Gasteiger partial charge in [0.2, 0.25) is 0 Å². The molecule has 4 heteroatoms. The molecule has 0 atom stereocenters. The standard InChI is InChI=1S/C51H32N2OS/c1-4-14-33(15-5-1)44-31-36-26-29-46-50(55-51(52-46)34-16-6-2-7-17-34)48(36)45-32-39(27-28-41(44)45)53(37-19-8-3-9-20-37)38-21-12-18-35(30-38)40-23-13-24-43-42-22-10-11-25-47(42)54-49(40)43/h1-32H. The molecule has 9 aromatic carbocycles. The van der Waals surface area contributed by atoms with Gasteiger partial charge in [-0.15, -0.1) is 11.3 Å². The zero-order valence-electron chi connectivity index (χ0n) is 29.7. The molecule has 11 aromatic rings. The molecule has 0 radical (unpaired) electrons. The Balaban J connectivity index is 1.15. The molecule has 0 saturated carbocycles. The summed E-state index contributed by atoms with van der Waals surface area (Å²) in [5, 5.41) is 8.12. The van der Waals surface area contributed by atoms with E-state index < -0.39 is 0 Å². The molecular weight excluding hydrogens is 689 g/mol. The molecule has 0 bridgehead atoms. The number of benzene rings is 9. The quantitative estimate of drug-likeness (QED) is 0.160. The van der Waals surface area contributed by atoms with Gasteiger partial charge >= 0.3 is 0 Å². The molecule has 3 nitrogen and oxygen atoms in total. The van der Waals surface area contributed by atoms with Crippen molar-refractivity contribution in [2.45, 2.75) is 0 Å². The number of hydrogen-bond acceptors (Lipinski definition) is 4. The van der Waals surface area contributed by atoms with Gasteiger partial charge < -0.3 is 9.32 Å². The third-order valence-corrected chi connectivity index (χ3v) is 11.8. The molecule has 55 heavy (non-hydrogen) atoms. The summed E-state index contributed by atoms with van der Waals surface area (Å²) in [5.41, 5.74) is 11.8. The van der Waals surface area contributed by atoms with E-state index in [9.17, 15) is 0 Å². The predicted molar refractivity (Wildman–Crippen MR) is 233 cm³/mol. The second-order valence-corrected chi connectivity index (χ2v) is 14.9. The molecule has 0 unspecified atom stereocenters. The van der Waals surface area contributed by atoms with Crippen LogP contribution in [0, 0.1) is 0 Å². The van der Waals surface area contributed by atoms with Gasteiger partial charge in [0, 0.05) is 44.3 Å². The maximum atomic E-state index is 6.49. The van der Waals surface area contributed by atoms with E-state index >= 15 is 0 Å². The zero-order chi connectivity index (χ0) is 36.3. The highest BCUT2D eigenvalue weighted by atomic mass is 32.1. The van der Waals surface area contributed by atoms with Crippen molar-refractivity contribution < 1.29 is 4.42 Å². The zero-order valence-corrected chi connectivity index (χ0v) is 30.5. The van der Waals surface area contributed by atoms with Crippen molar-refractivity contribution >= 4 is 82.1 Å². The smallest absolute Gasteiger partial charge is 0.143 e. The summed E-state index contributed by atoms with van der Waals surface area (Å²) in [6, 6.07) is 69.1. The molecule has 0 amide bonds. The second kappa shape index (κ2) is 12.8. The molecule has 0 aliphatic rings. The first-order chi connectivity index (χ1) is 27.3. The van der Waals surface area contributed by atoms with Crippen molar-refractivity contribution in [2.24, 2.45) is 0 Å². The Morgan fingerprint density at radius 2 is 1.11 bits per heavy atom. The van der Waals surface area contributed by atoms with Crippen LogP contribution in [-0.4, -0.2) is 4.98 Å².